The molecule has 1 amide bonds. The molecule has 1 aromatic heterocycles. The molecule has 0 unspecified atom stereocenters. The lowest BCUT2D eigenvalue weighted by Gasteiger charge is -2.19. The lowest BCUT2D eigenvalue weighted by molar-refractivity contribution is -0.122. The summed E-state index contributed by atoms with van der Waals surface area (Å²) in [4.78, 5) is 37.0. The van der Waals surface area contributed by atoms with Crippen molar-refractivity contribution in [1.82, 2.24) is 14.9 Å². The van der Waals surface area contributed by atoms with Crippen LogP contribution in [0.3, 0.4) is 0 Å². The van der Waals surface area contributed by atoms with Crippen molar-refractivity contribution in [2.24, 2.45) is 5.92 Å². The number of hydrogen-bond acceptors (Lipinski definition) is 3. The number of nitrogens with one attached hydrogen (secondary N) is 2. The highest BCUT2D eigenvalue weighted by molar-refractivity contribution is 5.76. The maximum absolute atomic E-state index is 12.2. The van der Waals surface area contributed by atoms with E-state index in [0.717, 1.165) is 18.4 Å². The van der Waals surface area contributed by atoms with Gasteiger partial charge >= 0.3 is 5.69 Å². The summed E-state index contributed by atoms with van der Waals surface area (Å²) < 4.78 is 1.19. The lowest BCUT2D eigenvalue weighted by atomic mass is 10.0. The minimum absolute atomic E-state index is 0.0211. The van der Waals surface area contributed by atoms with Crippen LogP contribution in [0.2, 0.25) is 0 Å². The minimum Gasteiger partial charge on any atom is -0.347 e. The number of rotatable bonds is 5. The van der Waals surface area contributed by atoms with Gasteiger partial charge in [-0.05, 0) is 24.3 Å². The number of carbonyl (C=O) groups excluding carboxylic acids is 1. The maximum atomic E-state index is 12.2. The molecule has 3 rings (SSSR count). The van der Waals surface area contributed by atoms with Crippen LogP contribution in [-0.4, -0.2) is 15.5 Å². The predicted octanol–water partition coefficient (Wildman–Crippen LogP) is 0.804. The van der Waals surface area contributed by atoms with Gasteiger partial charge in [-0.1, -0.05) is 30.3 Å². The molecular weight excluding hydrogens is 282 g/mol. The normalized spacial score (nSPS) is 15.3. The summed E-state index contributed by atoms with van der Waals surface area (Å²) in [6, 6.07) is 11.0. The van der Waals surface area contributed by atoms with E-state index < -0.39 is 11.2 Å². The van der Waals surface area contributed by atoms with E-state index in [0.29, 0.717) is 5.92 Å². The van der Waals surface area contributed by atoms with Gasteiger partial charge in [-0.25, -0.2) is 4.79 Å². The Hall–Kier alpha value is -2.63. The second-order valence-corrected chi connectivity index (χ2v) is 5.53. The molecule has 1 saturated carbocycles. The molecule has 0 saturated heterocycles. The van der Waals surface area contributed by atoms with Crippen LogP contribution in [0.25, 0.3) is 0 Å². The summed E-state index contributed by atoms with van der Waals surface area (Å²) in [6.07, 6.45) is 3.52. The van der Waals surface area contributed by atoms with Crippen LogP contribution in [0.5, 0.6) is 0 Å². The second-order valence-electron chi connectivity index (χ2n) is 5.53. The quantitative estimate of drug-likeness (QED) is 0.856. The standard InChI is InChI=1S/C16H17N3O3/c20-13-8-9-19(16(22)18-13)10-14(21)17-15(12-6-7-12)11-4-2-1-3-5-11/h1-5,8-9,12,15H,6-7,10H2,(H,17,21)(H,18,20,22)/t15-/m0/s1. The van der Waals surface area contributed by atoms with E-state index in [2.05, 4.69) is 10.3 Å². The predicted molar refractivity (Wildman–Crippen MR) is 81.4 cm³/mol. The minimum atomic E-state index is -0.578. The van der Waals surface area contributed by atoms with Crippen molar-refractivity contribution < 1.29 is 4.79 Å². The fourth-order valence-electron chi connectivity index (χ4n) is 2.51. The van der Waals surface area contributed by atoms with Crippen molar-refractivity contribution in [1.29, 1.82) is 0 Å². The summed E-state index contributed by atoms with van der Waals surface area (Å²) in [6.45, 7) is -0.105. The Labute approximate surface area is 126 Å². The van der Waals surface area contributed by atoms with Crippen LogP contribution >= 0.6 is 0 Å². The zero-order valence-electron chi connectivity index (χ0n) is 12.0. The highest BCUT2D eigenvalue weighted by atomic mass is 16.2. The van der Waals surface area contributed by atoms with Gasteiger partial charge in [0.15, 0.2) is 0 Å². The Kier molecular flexibility index (Phi) is 3.91. The van der Waals surface area contributed by atoms with Crippen molar-refractivity contribution in [2.75, 3.05) is 0 Å². The molecule has 2 N–H and O–H groups in total. The monoisotopic (exact) mass is 299 g/mol. The average Bonchev–Trinajstić information content (AvgIpc) is 3.33. The molecule has 1 fully saturated rings. The van der Waals surface area contributed by atoms with Gasteiger partial charge in [-0.15, -0.1) is 0 Å². The van der Waals surface area contributed by atoms with Crippen LogP contribution in [-0.2, 0) is 11.3 Å². The highest BCUT2D eigenvalue weighted by Gasteiger charge is 2.33. The Morgan fingerprint density at radius 2 is 1.95 bits per heavy atom. The number of aromatic amines is 1. The van der Waals surface area contributed by atoms with Crippen LogP contribution < -0.4 is 16.6 Å². The number of H-pyrrole nitrogens is 1. The van der Waals surface area contributed by atoms with Crippen molar-refractivity contribution in [3.63, 3.8) is 0 Å². The SMILES string of the molecule is O=C(Cn1ccc(=O)[nH]c1=O)N[C@@H](c1ccccc1)C1CC1. The molecule has 0 radical (unpaired) electrons. The zero-order chi connectivity index (χ0) is 15.5. The van der Waals surface area contributed by atoms with Crippen LogP contribution in [0.15, 0.2) is 52.2 Å². The number of carbonyl (C=O) groups is 1. The van der Waals surface area contributed by atoms with Gasteiger partial charge in [-0.2, -0.15) is 0 Å². The van der Waals surface area contributed by atoms with E-state index in [1.165, 1.54) is 16.8 Å². The van der Waals surface area contributed by atoms with Gasteiger partial charge in [0.1, 0.15) is 6.54 Å². The fourth-order valence-corrected chi connectivity index (χ4v) is 2.51. The molecular formula is C16H17N3O3. The molecule has 0 bridgehead atoms. The molecule has 6 nitrogen and oxygen atoms in total. The van der Waals surface area contributed by atoms with Gasteiger partial charge in [0.25, 0.3) is 5.56 Å². The summed E-state index contributed by atoms with van der Waals surface area (Å²) >= 11 is 0. The van der Waals surface area contributed by atoms with Crippen LogP contribution in [0, 0.1) is 5.92 Å². The van der Waals surface area contributed by atoms with E-state index in [1.807, 2.05) is 30.3 Å². The van der Waals surface area contributed by atoms with Crippen molar-refractivity contribution in [2.45, 2.75) is 25.4 Å². The number of nitrogens with zero attached hydrogens (tertiary/aromatic N) is 1. The summed E-state index contributed by atoms with van der Waals surface area (Å²) in [5.41, 5.74) is 0.0271. The van der Waals surface area contributed by atoms with Gasteiger partial charge < -0.3 is 5.32 Å². The first-order chi connectivity index (χ1) is 10.6. The Balaban J connectivity index is 1.72. The van der Waals surface area contributed by atoms with E-state index >= 15 is 0 Å². The first-order valence-corrected chi connectivity index (χ1v) is 7.27. The molecule has 0 spiro atoms. The summed E-state index contributed by atoms with van der Waals surface area (Å²) in [7, 11) is 0. The first kappa shape index (κ1) is 14.3. The van der Waals surface area contributed by atoms with Gasteiger partial charge in [0.05, 0.1) is 6.04 Å². The molecule has 0 aliphatic heterocycles. The Morgan fingerprint density at radius 1 is 1.23 bits per heavy atom. The summed E-state index contributed by atoms with van der Waals surface area (Å²) in [5.74, 6) is 0.216. The van der Waals surface area contributed by atoms with Crippen molar-refractivity contribution in [3.8, 4) is 0 Å². The maximum Gasteiger partial charge on any atom is 0.328 e. The Morgan fingerprint density at radius 3 is 2.59 bits per heavy atom. The molecule has 2 aromatic rings. The van der Waals surface area contributed by atoms with E-state index in [1.54, 1.807) is 0 Å². The third-order valence-corrected chi connectivity index (χ3v) is 3.78. The number of hydrogen-bond donors (Lipinski definition) is 2. The fraction of sp³-hybridized carbons (Fsp3) is 0.312. The van der Waals surface area contributed by atoms with Gasteiger partial charge in [-0.3, -0.25) is 19.1 Å². The molecule has 1 aliphatic rings. The molecule has 22 heavy (non-hydrogen) atoms. The average molecular weight is 299 g/mol. The van der Waals surface area contributed by atoms with Crippen molar-refractivity contribution in [3.05, 3.63) is 69.0 Å². The smallest absolute Gasteiger partial charge is 0.328 e. The molecule has 1 aromatic carbocycles. The van der Waals surface area contributed by atoms with E-state index in [-0.39, 0.29) is 18.5 Å². The Bertz CT molecular complexity index is 775. The third-order valence-electron chi connectivity index (χ3n) is 3.78. The molecule has 1 heterocycles. The van der Waals surface area contributed by atoms with Crippen LogP contribution in [0.4, 0.5) is 0 Å². The largest absolute Gasteiger partial charge is 0.347 e. The summed E-state index contributed by atoms with van der Waals surface area (Å²) in [5, 5.41) is 2.99. The topological polar surface area (TPSA) is 84.0 Å². The highest BCUT2D eigenvalue weighted by Crippen LogP contribution is 2.40. The molecule has 1 atom stereocenters. The second kappa shape index (κ2) is 6.01. The van der Waals surface area contributed by atoms with E-state index in [4.69, 9.17) is 0 Å². The third kappa shape index (κ3) is 3.33. The van der Waals surface area contributed by atoms with Crippen molar-refractivity contribution >= 4 is 5.91 Å². The zero-order valence-corrected chi connectivity index (χ0v) is 12.0. The van der Waals surface area contributed by atoms with E-state index in [9.17, 15) is 14.4 Å². The number of amides is 1. The molecule has 1 aliphatic carbocycles. The molecule has 6 heteroatoms. The lowest BCUT2D eigenvalue weighted by Crippen LogP contribution is -2.37. The van der Waals surface area contributed by atoms with Gasteiger partial charge in [0, 0.05) is 12.3 Å². The molecule has 114 valence electrons. The number of aromatic nitrogens is 2. The van der Waals surface area contributed by atoms with Crippen LogP contribution in [0.1, 0.15) is 24.4 Å². The van der Waals surface area contributed by atoms with Gasteiger partial charge in [0.2, 0.25) is 5.91 Å². The number of benzene rings is 1. The first-order valence-electron chi connectivity index (χ1n) is 7.27.